The molecule has 0 bridgehead atoms. The smallest absolute Gasteiger partial charge is 0.414 e. The molecule has 186 valence electrons. The summed E-state index contributed by atoms with van der Waals surface area (Å²) in [5, 5.41) is 47.8. The van der Waals surface area contributed by atoms with E-state index in [1.807, 2.05) is 0 Å². The molecule has 0 aliphatic heterocycles. The van der Waals surface area contributed by atoms with Crippen molar-refractivity contribution >= 4 is 35.8 Å². The van der Waals surface area contributed by atoms with Crippen LogP contribution >= 0.6 is 0 Å². The fourth-order valence-electron chi connectivity index (χ4n) is 1.08. The fourth-order valence-corrected chi connectivity index (χ4v) is 1.08. The number of carboxylic acids is 2. The molecule has 0 aromatic heterocycles. The zero-order valence-corrected chi connectivity index (χ0v) is 16.8. The molecule has 16 heteroatoms. The summed E-state index contributed by atoms with van der Waals surface area (Å²) in [5.74, 6) is -6.66. The molecule has 6 N–H and O–H groups in total. The average Bonchev–Trinajstić information content (AvgIpc) is 2.74. The van der Waals surface area contributed by atoms with Crippen molar-refractivity contribution in [1.82, 2.24) is 0 Å². The quantitative estimate of drug-likeness (QED) is 0.0682. The number of carbonyl (C=O) groups is 6. The molecule has 0 fully saturated rings. The first-order valence-corrected chi connectivity index (χ1v) is 8.57. The van der Waals surface area contributed by atoms with Crippen LogP contribution in [0.1, 0.15) is 12.8 Å². The monoisotopic (exact) mass is 474 g/mol. The van der Waals surface area contributed by atoms with Gasteiger partial charge in [-0.05, 0) is 0 Å². The van der Waals surface area contributed by atoms with Crippen LogP contribution in [-0.4, -0.2) is 119 Å². The normalized spacial score (nSPS) is 9.00. The molecule has 0 heterocycles. The van der Waals surface area contributed by atoms with E-state index in [-0.39, 0.29) is 52.9 Å². The van der Waals surface area contributed by atoms with E-state index < -0.39 is 48.7 Å². The molecule has 32 heavy (non-hydrogen) atoms. The van der Waals surface area contributed by atoms with Crippen molar-refractivity contribution in [3.8, 4) is 0 Å². The molecular formula is C16H26O16. The zero-order chi connectivity index (χ0) is 25.4. The Kier molecular flexibility index (Phi) is 24.9. The van der Waals surface area contributed by atoms with E-state index in [0.29, 0.717) is 0 Å². The Hall–Kier alpha value is -3.34. The lowest BCUT2D eigenvalue weighted by molar-refractivity contribution is -0.159. The Labute approximate surface area is 180 Å². The lowest BCUT2D eigenvalue weighted by atomic mass is 10.4. The predicted molar refractivity (Wildman–Crippen MR) is 96.7 cm³/mol. The molecule has 0 aliphatic rings. The van der Waals surface area contributed by atoms with E-state index in [1.54, 1.807) is 0 Å². The van der Waals surface area contributed by atoms with Gasteiger partial charge in [-0.3, -0.25) is 19.2 Å². The summed E-state index contributed by atoms with van der Waals surface area (Å²) < 4.78 is 17.6. The summed E-state index contributed by atoms with van der Waals surface area (Å²) in [6, 6.07) is 0. The second kappa shape index (κ2) is 23.9. The van der Waals surface area contributed by atoms with Crippen LogP contribution in [0.3, 0.4) is 0 Å². The number of rotatable bonds is 12. The third kappa shape index (κ3) is 28.9. The SMILES string of the molecule is O=C(CC(=O)OCCO)OCCO.O=C(CC(=O)OCCO)OCCO.O=C(O)C(=O)O. The summed E-state index contributed by atoms with van der Waals surface area (Å²) >= 11 is 0. The number of ether oxygens (including phenoxy) is 4. The molecule has 0 saturated carbocycles. The molecular weight excluding hydrogens is 448 g/mol. The molecule has 16 nitrogen and oxygen atoms in total. The molecule has 0 aromatic carbocycles. The minimum absolute atomic E-state index is 0.133. The van der Waals surface area contributed by atoms with E-state index in [0.717, 1.165) is 0 Å². The third-order valence-electron chi connectivity index (χ3n) is 2.18. The highest BCUT2D eigenvalue weighted by atomic mass is 16.6. The maximum Gasteiger partial charge on any atom is 0.414 e. The van der Waals surface area contributed by atoms with Gasteiger partial charge in [0, 0.05) is 0 Å². The number of carboxylic acid groups (broad SMARTS) is 2. The summed E-state index contributed by atoms with van der Waals surface area (Å²) in [6.07, 6.45) is -1.00. The van der Waals surface area contributed by atoms with Gasteiger partial charge in [-0.15, -0.1) is 0 Å². The largest absolute Gasteiger partial charge is 0.473 e. The van der Waals surface area contributed by atoms with Gasteiger partial charge in [0.15, 0.2) is 0 Å². The van der Waals surface area contributed by atoms with Gasteiger partial charge >= 0.3 is 35.8 Å². The van der Waals surface area contributed by atoms with Crippen LogP contribution in [-0.2, 0) is 47.7 Å². The van der Waals surface area contributed by atoms with E-state index in [4.69, 9.17) is 40.2 Å². The number of carbonyl (C=O) groups excluding carboxylic acids is 4. The van der Waals surface area contributed by atoms with Crippen LogP contribution in [0.25, 0.3) is 0 Å². The van der Waals surface area contributed by atoms with Crippen LogP contribution in [0.5, 0.6) is 0 Å². The van der Waals surface area contributed by atoms with Crippen LogP contribution in [0.15, 0.2) is 0 Å². The van der Waals surface area contributed by atoms with Crippen LogP contribution < -0.4 is 0 Å². The third-order valence-corrected chi connectivity index (χ3v) is 2.18. The summed E-state index contributed by atoms with van der Waals surface area (Å²) in [4.78, 5) is 60.9. The maximum atomic E-state index is 10.7. The topological polar surface area (TPSA) is 261 Å². The van der Waals surface area contributed by atoms with Crippen molar-refractivity contribution in [2.24, 2.45) is 0 Å². The highest BCUT2D eigenvalue weighted by Crippen LogP contribution is 1.91. The summed E-state index contributed by atoms with van der Waals surface area (Å²) in [6.45, 7) is -1.65. The van der Waals surface area contributed by atoms with Crippen molar-refractivity contribution in [2.45, 2.75) is 12.8 Å². The van der Waals surface area contributed by atoms with Crippen LogP contribution in [0.2, 0.25) is 0 Å². The highest BCUT2D eigenvalue weighted by molar-refractivity contribution is 6.27. The molecule has 0 aromatic rings. The summed E-state index contributed by atoms with van der Waals surface area (Å²) in [5.41, 5.74) is 0. The number of aliphatic carboxylic acids is 2. The zero-order valence-electron chi connectivity index (χ0n) is 16.8. The molecule has 0 atom stereocenters. The van der Waals surface area contributed by atoms with E-state index in [9.17, 15) is 19.2 Å². The average molecular weight is 474 g/mol. The van der Waals surface area contributed by atoms with E-state index in [2.05, 4.69) is 18.9 Å². The minimum atomic E-state index is -1.82. The van der Waals surface area contributed by atoms with Gasteiger partial charge in [0.1, 0.15) is 39.3 Å². The van der Waals surface area contributed by atoms with Crippen molar-refractivity contribution in [3.63, 3.8) is 0 Å². The van der Waals surface area contributed by atoms with Crippen LogP contribution in [0.4, 0.5) is 0 Å². The molecule has 0 aliphatic carbocycles. The predicted octanol–water partition coefficient (Wildman–Crippen LogP) is -3.95. The van der Waals surface area contributed by atoms with Crippen molar-refractivity contribution in [2.75, 3.05) is 52.9 Å². The van der Waals surface area contributed by atoms with Gasteiger partial charge < -0.3 is 49.6 Å². The number of esters is 4. The lowest BCUT2D eigenvalue weighted by Crippen LogP contribution is -2.16. The van der Waals surface area contributed by atoms with Gasteiger partial charge in [0.25, 0.3) is 0 Å². The maximum absolute atomic E-state index is 10.7. The number of aliphatic hydroxyl groups is 4. The molecule has 0 spiro atoms. The first-order chi connectivity index (χ1) is 15.0. The van der Waals surface area contributed by atoms with E-state index in [1.165, 1.54) is 0 Å². The van der Waals surface area contributed by atoms with Gasteiger partial charge in [0.2, 0.25) is 0 Å². The highest BCUT2D eigenvalue weighted by Gasteiger charge is 2.11. The van der Waals surface area contributed by atoms with Gasteiger partial charge in [-0.2, -0.15) is 0 Å². The number of hydrogen-bond acceptors (Lipinski definition) is 14. The van der Waals surface area contributed by atoms with Gasteiger partial charge in [-0.1, -0.05) is 0 Å². The number of hydrogen-bond donors (Lipinski definition) is 6. The second-order valence-electron chi connectivity index (χ2n) is 4.74. The molecule has 0 saturated heterocycles. The summed E-state index contributed by atoms with van der Waals surface area (Å²) in [7, 11) is 0. The van der Waals surface area contributed by atoms with Gasteiger partial charge in [-0.25, -0.2) is 9.59 Å². The molecule has 0 unspecified atom stereocenters. The van der Waals surface area contributed by atoms with Crippen molar-refractivity contribution < 1.29 is 78.4 Å². The molecule has 0 rings (SSSR count). The Morgan fingerprint density at radius 2 is 0.625 bits per heavy atom. The Balaban J connectivity index is -0.000000422. The van der Waals surface area contributed by atoms with Crippen molar-refractivity contribution in [1.29, 1.82) is 0 Å². The second-order valence-corrected chi connectivity index (χ2v) is 4.74. The lowest BCUT2D eigenvalue weighted by Gasteiger charge is -2.02. The first-order valence-electron chi connectivity index (χ1n) is 8.57. The Morgan fingerprint density at radius 3 is 0.750 bits per heavy atom. The Bertz CT molecular complexity index is 486. The van der Waals surface area contributed by atoms with Crippen molar-refractivity contribution in [3.05, 3.63) is 0 Å². The fraction of sp³-hybridized carbons (Fsp3) is 0.625. The van der Waals surface area contributed by atoms with Crippen LogP contribution in [0, 0.1) is 0 Å². The number of aliphatic hydroxyl groups excluding tert-OH is 4. The minimum Gasteiger partial charge on any atom is -0.473 e. The van der Waals surface area contributed by atoms with Gasteiger partial charge in [0.05, 0.1) is 26.4 Å². The molecule has 0 amide bonds. The standard InChI is InChI=1S/2C7H12O6.C2H2O4/c2*8-1-3-12-6(10)5-7(11)13-4-2-9;3-1(4)2(5)6/h2*8-9H,1-5H2;(H,3,4)(H,5,6). The molecule has 0 radical (unpaired) electrons. The van der Waals surface area contributed by atoms with E-state index >= 15 is 0 Å². The Morgan fingerprint density at radius 1 is 0.438 bits per heavy atom. The first kappa shape index (κ1) is 33.3.